The van der Waals surface area contributed by atoms with E-state index in [-0.39, 0.29) is 70.2 Å². The van der Waals surface area contributed by atoms with Crippen LogP contribution in [0.15, 0.2) is 236 Å². The molecule has 0 spiro atoms. The van der Waals surface area contributed by atoms with Crippen molar-refractivity contribution in [2.45, 2.75) is 32.1 Å². The number of aliphatic carboxylic acids is 3. The zero-order valence-electron chi connectivity index (χ0n) is 51.3. The van der Waals surface area contributed by atoms with Gasteiger partial charge in [0.15, 0.2) is 0 Å². The van der Waals surface area contributed by atoms with E-state index in [9.17, 15) is 60.0 Å². The SMILES string of the molecule is O=C(O)/C(Cc1ccccc1[N+](=O)[O-])=N/Nc1nc(-c2ccc(N3CCCC3)cc2)cs1.O=C(O)/C(Cc1ccccc1[N+](=O)[O-])=N/Nc1nc(-c2ccc(N=Nc3ccccc3)cc2)cs1.O=C(O)/C(Cc1ccccc1[N+](=O)[O-])=N/Nc1nc(-c2ccc3ccccc3c2)cs1. The van der Waals surface area contributed by atoms with Crippen molar-refractivity contribution < 1.29 is 44.5 Å². The van der Waals surface area contributed by atoms with Gasteiger partial charge in [-0.1, -0.05) is 133 Å². The van der Waals surface area contributed by atoms with Gasteiger partial charge in [-0.3, -0.25) is 46.6 Å². The lowest BCUT2D eigenvalue weighted by Gasteiger charge is -2.17. The molecule has 27 nitrogen and oxygen atoms in total. The highest BCUT2D eigenvalue weighted by molar-refractivity contribution is 7.14. The quantitative estimate of drug-likeness (QED) is 0.0142. The second-order valence-corrected chi connectivity index (χ2v) is 23.7. The summed E-state index contributed by atoms with van der Waals surface area (Å²) >= 11 is 3.84. The molecule has 0 saturated carbocycles. The lowest BCUT2D eigenvalue weighted by molar-refractivity contribution is -0.385. The average Bonchev–Trinajstić information content (AvgIpc) is 1.49. The highest BCUT2D eigenvalue weighted by Crippen LogP contribution is 2.32. The highest BCUT2D eigenvalue weighted by atomic mass is 32.1. The number of carboxylic acids is 3. The first-order chi connectivity index (χ1) is 47.5. The Labute approximate surface area is 568 Å². The van der Waals surface area contributed by atoms with Crippen LogP contribution in [0.1, 0.15) is 29.5 Å². The molecule has 12 rings (SSSR count). The zero-order chi connectivity index (χ0) is 68.9. The summed E-state index contributed by atoms with van der Waals surface area (Å²) in [5.41, 5.74) is 15.1. The van der Waals surface area contributed by atoms with Gasteiger partial charge in [-0.15, -0.1) is 34.0 Å². The van der Waals surface area contributed by atoms with E-state index in [4.69, 9.17) is 0 Å². The van der Waals surface area contributed by atoms with Crippen LogP contribution >= 0.6 is 34.0 Å². The van der Waals surface area contributed by atoms with Gasteiger partial charge in [0.05, 0.1) is 43.2 Å². The fourth-order valence-electron chi connectivity index (χ4n) is 9.74. The fourth-order valence-corrected chi connectivity index (χ4v) is 11.7. The molecule has 0 aliphatic carbocycles. The van der Waals surface area contributed by atoms with Gasteiger partial charge in [-0.25, -0.2) is 29.3 Å². The van der Waals surface area contributed by atoms with Crippen LogP contribution < -0.4 is 21.2 Å². The maximum Gasteiger partial charge on any atom is 0.352 e. The van der Waals surface area contributed by atoms with E-state index in [0.29, 0.717) is 26.8 Å². The summed E-state index contributed by atoms with van der Waals surface area (Å²) in [6.45, 7) is 2.17. The third kappa shape index (κ3) is 18.6. The van der Waals surface area contributed by atoms with Crippen molar-refractivity contribution in [1.82, 2.24) is 15.0 Å². The Bertz CT molecular complexity index is 4820. The van der Waals surface area contributed by atoms with Crippen LogP contribution in [-0.2, 0) is 33.6 Å². The molecule has 8 aromatic carbocycles. The van der Waals surface area contributed by atoms with Crippen molar-refractivity contribution in [2.24, 2.45) is 25.5 Å². The number of para-hydroxylation sites is 3. The number of anilines is 4. The Morgan fingerprint density at radius 3 is 1.18 bits per heavy atom. The number of thiazole rings is 3. The lowest BCUT2D eigenvalue weighted by atomic mass is 10.1. The number of hydrazone groups is 3. The van der Waals surface area contributed by atoms with Crippen LogP contribution in [0, 0.1) is 30.3 Å². The molecule has 11 aromatic rings. The second kappa shape index (κ2) is 32.9. The molecule has 1 saturated heterocycles. The summed E-state index contributed by atoms with van der Waals surface area (Å²) in [5.74, 6) is -3.81. The second-order valence-electron chi connectivity index (χ2n) is 21.1. The van der Waals surface area contributed by atoms with Gasteiger partial charge < -0.3 is 20.2 Å². The van der Waals surface area contributed by atoms with Gasteiger partial charge >= 0.3 is 17.9 Å². The first-order valence-electron chi connectivity index (χ1n) is 29.6. The van der Waals surface area contributed by atoms with Crippen molar-refractivity contribution in [3.63, 3.8) is 0 Å². The van der Waals surface area contributed by atoms with Gasteiger partial charge in [-0.2, -0.15) is 25.5 Å². The van der Waals surface area contributed by atoms with E-state index in [1.807, 2.05) is 120 Å². The Balaban J connectivity index is 0.000000160. The summed E-state index contributed by atoms with van der Waals surface area (Å²) in [5, 5.41) is 91.2. The summed E-state index contributed by atoms with van der Waals surface area (Å²) in [6.07, 6.45) is 1.85. The molecule has 0 radical (unpaired) electrons. The predicted molar refractivity (Wildman–Crippen MR) is 379 cm³/mol. The zero-order valence-corrected chi connectivity index (χ0v) is 53.7. The number of hydrogen-bond donors (Lipinski definition) is 6. The van der Waals surface area contributed by atoms with Crippen molar-refractivity contribution in [1.29, 1.82) is 0 Å². The van der Waals surface area contributed by atoms with Crippen LogP contribution in [0.5, 0.6) is 0 Å². The van der Waals surface area contributed by atoms with Gasteiger partial charge in [0.2, 0.25) is 15.4 Å². The third-order valence-electron chi connectivity index (χ3n) is 14.6. The molecule has 6 N–H and O–H groups in total. The molecule has 0 unspecified atom stereocenters. The molecular formula is C68H55N15O12S3. The van der Waals surface area contributed by atoms with E-state index in [1.54, 1.807) is 23.6 Å². The van der Waals surface area contributed by atoms with Gasteiger partial charge in [-0.05, 0) is 66.1 Å². The number of fused-ring (bicyclic) bond motifs is 1. The number of rotatable bonds is 24. The molecule has 1 fully saturated rings. The Morgan fingerprint density at radius 1 is 0.429 bits per heavy atom. The number of azo groups is 1. The Hall–Kier alpha value is -12.7. The largest absolute Gasteiger partial charge is 0.477 e. The molecule has 30 heteroatoms. The Morgan fingerprint density at radius 2 is 0.776 bits per heavy atom. The minimum atomic E-state index is -1.28. The number of aromatic nitrogens is 3. The maximum absolute atomic E-state index is 11.6. The summed E-state index contributed by atoms with van der Waals surface area (Å²) in [7, 11) is 0. The molecule has 492 valence electrons. The minimum Gasteiger partial charge on any atom is -0.477 e. The van der Waals surface area contributed by atoms with Gasteiger partial charge in [0.25, 0.3) is 17.1 Å². The molecule has 1 aliphatic heterocycles. The van der Waals surface area contributed by atoms with E-state index in [1.165, 1.54) is 107 Å². The fraction of sp³-hybridized carbons (Fsp3) is 0.103. The Kier molecular flexibility index (Phi) is 22.9. The van der Waals surface area contributed by atoms with Crippen LogP contribution in [-0.4, -0.2) is 93.2 Å². The van der Waals surface area contributed by atoms with E-state index >= 15 is 0 Å². The predicted octanol–water partition coefficient (Wildman–Crippen LogP) is 15.6. The average molecular weight is 1370 g/mol. The highest BCUT2D eigenvalue weighted by Gasteiger charge is 2.23. The molecule has 4 heterocycles. The maximum atomic E-state index is 11.6. The molecule has 98 heavy (non-hydrogen) atoms. The van der Waals surface area contributed by atoms with Crippen LogP contribution in [0.2, 0.25) is 0 Å². The molecule has 0 bridgehead atoms. The van der Waals surface area contributed by atoms with E-state index in [0.717, 1.165) is 57.6 Å². The summed E-state index contributed by atoms with van der Waals surface area (Å²) in [6, 6.07) is 57.0. The number of benzene rings is 8. The van der Waals surface area contributed by atoms with E-state index < -0.39 is 32.7 Å². The van der Waals surface area contributed by atoms with Crippen molar-refractivity contribution in [3.8, 4) is 33.8 Å². The van der Waals surface area contributed by atoms with Gasteiger partial charge in [0, 0.05) is 106 Å². The number of nitrogens with zero attached hydrogens (tertiary/aromatic N) is 12. The molecule has 0 amide bonds. The number of nitro groups is 3. The van der Waals surface area contributed by atoms with Crippen LogP contribution in [0.4, 0.5) is 49.5 Å². The van der Waals surface area contributed by atoms with Crippen LogP contribution in [0.3, 0.4) is 0 Å². The van der Waals surface area contributed by atoms with E-state index in [2.05, 4.69) is 73.8 Å². The normalized spacial score (nSPS) is 12.2. The third-order valence-corrected chi connectivity index (χ3v) is 16.9. The standard InChI is InChI=1S/C24H18N6O4S.C22H21N5O4S.C22H16N4O4S/c31-23(32)20(14-17-6-4-5-9-22(17)30(33)34)28-29-24-25-21(15-35-24)16-10-12-19(13-11-16)27-26-18-7-2-1-3-8-18;28-21(29)18(13-16-5-1-2-6-20(16)27(30)31)24-25-22-23-19(14-32-22)15-7-9-17(10-8-15)26-11-3-4-12-26;27-21(28)18(12-17-7-3-4-8-20(17)26(29)30)24-25-22-23-19(13-31-22)16-10-9-14-5-1-2-6-15(14)11-16/h1-13,15H,14H2,(H,25,29)(H,31,32);1-2,5-10,14H,3-4,11-13H2,(H,23,25)(H,28,29);1-11,13H,12H2,(H,23,25)(H,27,28)/b27-26?,28-20+;2*24-18+. The number of nitro benzene ring substituents is 3. The number of hydrogen-bond acceptors (Lipinski definition) is 24. The van der Waals surface area contributed by atoms with Crippen molar-refractivity contribution in [2.75, 3.05) is 34.3 Å². The number of carboxylic acid groups (broad SMARTS) is 3. The monoisotopic (exact) mass is 1370 g/mol. The van der Waals surface area contributed by atoms with Gasteiger partial charge in [0.1, 0.15) is 17.1 Å². The number of carbonyl (C=O) groups is 3. The number of nitrogens with one attached hydrogen (secondary N) is 3. The summed E-state index contributed by atoms with van der Waals surface area (Å²) < 4.78 is 0. The molecule has 1 aliphatic rings. The topological polar surface area (TPSA) is 381 Å². The van der Waals surface area contributed by atoms with Crippen LogP contribution in [0.25, 0.3) is 44.5 Å². The smallest absolute Gasteiger partial charge is 0.352 e. The first-order valence-corrected chi connectivity index (χ1v) is 32.3. The first kappa shape index (κ1) is 68.2. The summed E-state index contributed by atoms with van der Waals surface area (Å²) in [4.78, 5) is 82.5. The molecular weight excluding hydrogens is 1320 g/mol. The minimum absolute atomic E-state index is 0.143. The molecule has 0 atom stereocenters. The van der Waals surface area contributed by atoms with Crippen molar-refractivity contribution in [3.05, 3.63) is 257 Å². The van der Waals surface area contributed by atoms with Crippen molar-refractivity contribution >= 4 is 129 Å². The lowest BCUT2D eigenvalue weighted by Crippen LogP contribution is -2.18. The molecule has 3 aromatic heterocycles.